The topological polar surface area (TPSA) is 17.1 Å². The molecule has 1 saturated carbocycles. The summed E-state index contributed by atoms with van der Waals surface area (Å²) in [7, 11) is -1.30. The predicted octanol–water partition coefficient (Wildman–Crippen LogP) is 4.76. The molecule has 0 aliphatic heterocycles. The Hall–Kier alpha value is -0.633. The van der Waals surface area contributed by atoms with Gasteiger partial charge in [-0.1, -0.05) is 42.6 Å². The number of carbonyl (C=O) groups excluding carboxylic acids is 1. The fourth-order valence-electron chi connectivity index (χ4n) is 4.09. The van der Waals surface area contributed by atoms with Crippen LogP contribution in [0.4, 0.5) is 0 Å². The summed E-state index contributed by atoms with van der Waals surface area (Å²) in [4.78, 5) is 12.7. The normalized spacial score (nSPS) is 35.6. The van der Waals surface area contributed by atoms with Gasteiger partial charge in [0.25, 0.3) is 0 Å². The van der Waals surface area contributed by atoms with Gasteiger partial charge in [-0.2, -0.15) is 0 Å². The highest BCUT2D eigenvalue weighted by Crippen LogP contribution is 2.56. The van der Waals surface area contributed by atoms with Gasteiger partial charge in [0.2, 0.25) is 0 Å². The van der Waals surface area contributed by atoms with Crippen molar-refractivity contribution in [3.63, 3.8) is 0 Å². The molecular weight excluding hydrogens is 248 g/mol. The molecule has 0 amide bonds. The van der Waals surface area contributed by atoms with Gasteiger partial charge in [-0.15, -0.1) is 0 Å². The largest absolute Gasteiger partial charge is 0.299 e. The van der Waals surface area contributed by atoms with E-state index >= 15 is 0 Å². The van der Waals surface area contributed by atoms with Crippen molar-refractivity contribution in [1.29, 1.82) is 0 Å². The van der Waals surface area contributed by atoms with E-state index in [-0.39, 0.29) is 5.41 Å². The number of carbonyl (C=O) groups is 1. The summed E-state index contributed by atoms with van der Waals surface area (Å²) in [5.41, 5.74) is 2.44. The van der Waals surface area contributed by atoms with E-state index in [1.807, 2.05) is 0 Å². The SMILES string of the molecule is C=C(C)[C@H]1CC(=O)[C@]2(C)C(C)=C([Si](C)(C)C)C[C@@H]2C1. The molecule has 1 nitrogen and oxygen atoms in total. The lowest BCUT2D eigenvalue weighted by Crippen LogP contribution is -2.40. The maximum atomic E-state index is 12.7. The Morgan fingerprint density at radius 3 is 2.37 bits per heavy atom. The molecule has 0 bridgehead atoms. The van der Waals surface area contributed by atoms with Gasteiger partial charge < -0.3 is 0 Å². The molecule has 0 unspecified atom stereocenters. The zero-order valence-corrected chi connectivity index (χ0v) is 14.4. The minimum absolute atomic E-state index is 0.165. The molecule has 19 heavy (non-hydrogen) atoms. The summed E-state index contributed by atoms with van der Waals surface area (Å²) in [6, 6.07) is 0. The second-order valence-corrected chi connectivity index (χ2v) is 13.0. The van der Waals surface area contributed by atoms with E-state index in [0.29, 0.717) is 24.0 Å². The molecule has 2 aliphatic rings. The molecule has 106 valence electrons. The molecule has 0 aromatic rings. The van der Waals surface area contributed by atoms with Crippen LogP contribution >= 0.6 is 0 Å². The third kappa shape index (κ3) is 2.18. The lowest BCUT2D eigenvalue weighted by atomic mass is 9.62. The van der Waals surface area contributed by atoms with Crippen molar-refractivity contribution in [2.24, 2.45) is 17.3 Å². The number of allylic oxidation sites excluding steroid dienone is 3. The second-order valence-electron chi connectivity index (χ2n) is 7.86. The highest BCUT2D eigenvalue weighted by molar-refractivity contribution is 6.83. The zero-order valence-electron chi connectivity index (χ0n) is 13.4. The van der Waals surface area contributed by atoms with E-state index in [2.05, 4.69) is 47.0 Å². The third-order valence-electron chi connectivity index (χ3n) is 5.68. The van der Waals surface area contributed by atoms with Crippen molar-refractivity contribution < 1.29 is 4.79 Å². The molecule has 3 atom stereocenters. The van der Waals surface area contributed by atoms with Crippen LogP contribution in [0.25, 0.3) is 0 Å². The summed E-state index contributed by atoms with van der Waals surface area (Å²) in [6.45, 7) is 17.8. The highest BCUT2D eigenvalue weighted by atomic mass is 28.3. The van der Waals surface area contributed by atoms with Crippen molar-refractivity contribution in [1.82, 2.24) is 0 Å². The smallest absolute Gasteiger partial charge is 0.143 e. The lowest BCUT2D eigenvalue weighted by molar-refractivity contribution is -0.132. The molecule has 0 spiro atoms. The minimum Gasteiger partial charge on any atom is -0.299 e. The van der Waals surface area contributed by atoms with Gasteiger partial charge in [0, 0.05) is 11.8 Å². The molecule has 0 saturated heterocycles. The first kappa shape index (κ1) is 14.8. The molecule has 0 N–H and O–H groups in total. The minimum atomic E-state index is -1.30. The van der Waals surface area contributed by atoms with Crippen LogP contribution in [0.5, 0.6) is 0 Å². The van der Waals surface area contributed by atoms with Gasteiger partial charge in [0.15, 0.2) is 0 Å². The Balaban J connectivity index is 2.40. The molecule has 0 heterocycles. The highest BCUT2D eigenvalue weighted by Gasteiger charge is 2.53. The van der Waals surface area contributed by atoms with Crippen LogP contribution in [-0.2, 0) is 4.79 Å². The predicted molar refractivity (Wildman–Crippen MR) is 84.8 cm³/mol. The first-order valence-corrected chi connectivity index (χ1v) is 11.0. The van der Waals surface area contributed by atoms with Crippen LogP contribution < -0.4 is 0 Å². The first-order valence-electron chi connectivity index (χ1n) is 7.48. The van der Waals surface area contributed by atoms with E-state index in [1.165, 1.54) is 11.1 Å². The Labute approximate surface area is 119 Å². The van der Waals surface area contributed by atoms with Gasteiger partial charge in [0.1, 0.15) is 5.78 Å². The Bertz CT molecular complexity index is 466. The second kappa shape index (κ2) is 4.44. The van der Waals surface area contributed by atoms with Gasteiger partial charge >= 0.3 is 0 Å². The van der Waals surface area contributed by atoms with Gasteiger partial charge in [-0.25, -0.2) is 0 Å². The fourth-order valence-corrected chi connectivity index (χ4v) is 6.33. The maximum absolute atomic E-state index is 12.7. The summed E-state index contributed by atoms with van der Waals surface area (Å²) in [5.74, 6) is 1.40. The van der Waals surface area contributed by atoms with Crippen LogP contribution in [0.2, 0.25) is 19.6 Å². The van der Waals surface area contributed by atoms with Crippen LogP contribution in [0.1, 0.15) is 40.0 Å². The number of fused-ring (bicyclic) bond motifs is 1. The molecule has 0 aromatic heterocycles. The molecule has 1 fully saturated rings. The van der Waals surface area contributed by atoms with Crippen molar-refractivity contribution in [3.8, 4) is 0 Å². The monoisotopic (exact) mass is 276 g/mol. The average Bonchev–Trinajstić information content (AvgIpc) is 2.53. The summed E-state index contributed by atoms with van der Waals surface area (Å²) >= 11 is 0. The Morgan fingerprint density at radius 2 is 1.89 bits per heavy atom. The van der Waals surface area contributed by atoms with Crippen molar-refractivity contribution in [2.45, 2.75) is 59.7 Å². The van der Waals surface area contributed by atoms with Gasteiger partial charge in [-0.05, 0) is 45.4 Å². The lowest BCUT2D eigenvalue weighted by Gasteiger charge is -2.40. The summed E-state index contributed by atoms with van der Waals surface area (Å²) in [5, 5.41) is 1.65. The molecular formula is C17H28OSi. The first-order chi connectivity index (χ1) is 8.58. The van der Waals surface area contributed by atoms with E-state index < -0.39 is 8.07 Å². The fraction of sp³-hybridized carbons (Fsp3) is 0.706. The summed E-state index contributed by atoms with van der Waals surface area (Å²) in [6.07, 6.45) is 3.02. The molecule has 0 radical (unpaired) electrons. The van der Waals surface area contributed by atoms with Crippen LogP contribution in [-0.4, -0.2) is 13.9 Å². The third-order valence-corrected chi connectivity index (χ3v) is 8.07. The quantitative estimate of drug-likeness (QED) is 0.525. The molecule has 2 aliphatic carbocycles. The number of hydrogen-bond donors (Lipinski definition) is 0. The van der Waals surface area contributed by atoms with E-state index in [1.54, 1.807) is 5.20 Å². The van der Waals surface area contributed by atoms with Gasteiger partial charge in [-0.3, -0.25) is 4.79 Å². The van der Waals surface area contributed by atoms with Crippen molar-refractivity contribution >= 4 is 13.9 Å². The standard InChI is InChI=1S/C17H28OSi/c1-11(2)13-8-14-10-15(19(5,6)7)12(3)17(14,4)16(18)9-13/h13-14H,1,8-10H2,2-7H3/t13-,14+,17-/m1/s1. The Morgan fingerprint density at radius 1 is 1.32 bits per heavy atom. The maximum Gasteiger partial charge on any atom is 0.143 e. The number of ketones is 1. The Kier molecular flexibility index (Phi) is 3.45. The van der Waals surface area contributed by atoms with Gasteiger partial charge in [0.05, 0.1) is 8.07 Å². The number of Topliss-reactive ketones (excluding diaryl/α,β-unsaturated/α-hetero) is 1. The molecule has 0 aromatic carbocycles. The van der Waals surface area contributed by atoms with E-state index in [0.717, 1.165) is 12.8 Å². The van der Waals surface area contributed by atoms with E-state index in [4.69, 9.17) is 0 Å². The average molecular weight is 276 g/mol. The van der Waals surface area contributed by atoms with Crippen molar-refractivity contribution in [2.75, 3.05) is 0 Å². The van der Waals surface area contributed by atoms with Crippen LogP contribution in [0, 0.1) is 17.3 Å². The van der Waals surface area contributed by atoms with Crippen LogP contribution in [0.15, 0.2) is 22.9 Å². The van der Waals surface area contributed by atoms with Crippen molar-refractivity contribution in [3.05, 3.63) is 22.9 Å². The number of rotatable bonds is 2. The molecule has 2 heteroatoms. The number of hydrogen-bond acceptors (Lipinski definition) is 1. The van der Waals surface area contributed by atoms with E-state index in [9.17, 15) is 4.79 Å². The summed E-state index contributed by atoms with van der Waals surface area (Å²) < 4.78 is 0. The zero-order chi connectivity index (χ0) is 14.6. The van der Waals surface area contributed by atoms with Crippen LogP contribution in [0.3, 0.4) is 0 Å². The molecule has 2 rings (SSSR count).